The van der Waals surface area contributed by atoms with E-state index < -0.39 is 0 Å². The van der Waals surface area contributed by atoms with Gasteiger partial charge in [-0.2, -0.15) is 0 Å². The molecule has 2 aromatic rings. The predicted molar refractivity (Wildman–Crippen MR) is 85.6 cm³/mol. The van der Waals surface area contributed by atoms with Crippen molar-refractivity contribution in [2.24, 2.45) is 0 Å². The van der Waals surface area contributed by atoms with Gasteiger partial charge >= 0.3 is 0 Å². The summed E-state index contributed by atoms with van der Waals surface area (Å²) in [5.74, 6) is 0. The molecule has 0 spiro atoms. The second kappa shape index (κ2) is 6.36. The second-order valence-electron chi connectivity index (χ2n) is 4.95. The van der Waals surface area contributed by atoms with Gasteiger partial charge in [-0.15, -0.1) is 0 Å². The maximum Gasteiger partial charge on any atom is 0.0369 e. The largest absolute Gasteiger partial charge is 0.313 e. The lowest BCUT2D eigenvalue weighted by Gasteiger charge is -2.20. The maximum absolute atomic E-state index is 3.71. The van der Waals surface area contributed by atoms with Crippen LogP contribution in [0.15, 0.2) is 46.9 Å². The Labute approximate surface area is 124 Å². The molecule has 2 heteroatoms. The van der Waals surface area contributed by atoms with Crippen molar-refractivity contribution < 1.29 is 0 Å². The lowest BCUT2D eigenvalue weighted by molar-refractivity contribution is 0.588. The lowest BCUT2D eigenvalue weighted by Crippen LogP contribution is -2.20. The molecule has 1 N–H and O–H groups in total. The Kier molecular flexibility index (Phi) is 4.78. The van der Waals surface area contributed by atoms with Gasteiger partial charge < -0.3 is 5.32 Å². The van der Waals surface area contributed by atoms with Crippen molar-refractivity contribution in [3.63, 3.8) is 0 Å². The molecule has 2 rings (SSSR count). The molecule has 0 radical (unpaired) electrons. The molecule has 0 bridgehead atoms. The van der Waals surface area contributed by atoms with Gasteiger partial charge in [0, 0.05) is 10.5 Å². The Morgan fingerprint density at radius 1 is 1.00 bits per heavy atom. The van der Waals surface area contributed by atoms with Gasteiger partial charge in [0.1, 0.15) is 0 Å². The Morgan fingerprint density at radius 3 is 2.37 bits per heavy atom. The average molecular weight is 318 g/mol. The van der Waals surface area contributed by atoms with Crippen molar-refractivity contribution in [3.05, 3.63) is 69.2 Å². The van der Waals surface area contributed by atoms with Gasteiger partial charge in [0.05, 0.1) is 0 Å². The summed E-state index contributed by atoms with van der Waals surface area (Å²) in [4.78, 5) is 0. The number of hydrogen-bond donors (Lipinski definition) is 1. The summed E-state index contributed by atoms with van der Waals surface area (Å²) in [5.41, 5.74) is 5.36. The van der Waals surface area contributed by atoms with E-state index in [2.05, 4.69) is 77.6 Å². The van der Waals surface area contributed by atoms with Crippen LogP contribution in [0.5, 0.6) is 0 Å². The van der Waals surface area contributed by atoms with Crippen LogP contribution in [-0.2, 0) is 6.42 Å². The molecule has 0 saturated carbocycles. The summed E-state index contributed by atoms with van der Waals surface area (Å²) in [7, 11) is 2.03. The summed E-state index contributed by atoms with van der Waals surface area (Å²) in [6.07, 6.45) is 1.01. The fraction of sp³-hybridized carbons (Fsp3) is 0.294. The first kappa shape index (κ1) is 14.3. The zero-order valence-electron chi connectivity index (χ0n) is 11.7. The Balaban J connectivity index is 2.31. The number of aryl methyl sites for hydroxylation is 2. The molecule has 19 heavy (non-hydrogen) atoms. The standard InChI is InChI=1S/C17H20BrN/c1-12-7-4-5-9-14(12)11-16(19-3)15-10-6-8-13(2)17(15)18/h4-10,16,19H,11H2,1-3H3. The molecule has 0 aliphatic heterocycles. The van der Waals surface area contributed by atoms with Gasteiger partial charge in [-0.1, -0.05) is 58.4 Å². The van der Waals surface area contributed by atoms with Crippen molar-refractivity contribution in [1.82, 2.24) is 5.32 Å². The van der Waals surface area contributed by atoms with Gasteiger partial charge in [0.15, 0.2) is 0 Å². The molecule has 0 aliphatic carbocycles. The zero-order valence-corrected chi connectivity index (χ0v) is 13.3. The molecule has 0 heterocycles. The molecule has 2 aromatic carbocycles. The number of nitrogens with one attached hydrogen (secondary N) is 1. The van der Waals surface area contributed by atoms with Crippen LogP contribution in [0, 0.1) is 13.8 Å². The number of rotatable bonds is 4. The Bertz CT molecular complexity index is 563. The molecule has 100 valence electrons. The molecule has 1 nitrogen and oxygen atoms in total. The molecule has 0 fully saturated rings. The summed E-state index contributed by atoms with van der Waals surface area (Å²) >= 11 is 3.71. The molecule has 1 atom stereocenters. The minimum absolute atomic E-state index is 0.329. The lowest BCUT2D eigenvalue weighted by atomic mass is 9.95. The predicted octanol–water partition coefficient (Wildman–Crippen LogP) is 4.57. The van der Waals surface area contributed by atoms with Crippen molar-refractivity contribution in [3.8, 4) is 0 Å². The van der Waals surface area contributed by atoms with E-state index in [4.69, 9.17) is 0 Å². The monoisotopic (exact) mass is 317 g/mol. The van der Waals surface area contributed by atoms with Crippen molar-refractivity contribution >= 4 is 15.9 Å². The highest BCUT2D eigenvalue weighted by Crippen LogP contribution is 2.29. The molecule has 0 aromatic heterocycles. The van der Waals surface area contributed by atoms with E-state index in [1.807, 2.05) is 7.05 Å². The molecule has 0 amide bonds. The van der Waals surface area contributed by atoms with E-state index in [-0.39, 0.29) is 0 Å². The Morgan fingerprint density at radius 2 is 1.68 bits per heavy atom. The van der Waals surface area contributed by atoms with Crippen molar-refractivity contribution in [1.29, 1.82) is 0 Å². The molecule has 1 unspecified atom stereocenters. The van der Waals surface area contributed by atoms with Gasteiger partial charge in [0.25, 0.3) is 0 Å². The topological polar surface area (TPSA) is 12.0 Å². The van der Waals surface area contributed by atoms with E-state index in [0.29, 0.717) is 6.04 Å². The molecular weight excluding hydrogens is 298 g/mol. The summed E-state index contributed by atoms with van der Waals surface area (Å²) in [6.45, 7) is 4.31. The van der Waals surface area contributed by atoms with Crippen LogP contribution in [0.1, 0.15) is 28.3 Å². The quantitative estimate of drug-likeness (QED) is 0.871. The first-order chi connectivity index (χ1) is 9.13. The first-order valence-electron chi connectivity index (χ1n) is 6.60. The summed E-state index contributed by atoms with van der Waals surface area (Å²) in [5, 5.41) is 3.43. The minimum atomic E-state index is 0.329. The van der Waals surface area contributed by atoms with Gasteiger partial charge in [-0.3, -0.25) is 0 Å². The van der Waals surface area contributed by atoms with E-state index in [1.165, 1.54) is 26.7 Å². The van der Waals surface area contributed by atoms with Crippen LogP contribution in [0.25, 0.3) is 0 Å². The van der Waals surface area contributed by atoms with Crippen LogP contribution in [0.3, 0.4) is 0 Å². The van der Waals surface area contributed by atoms with E-state index in [0.717, 1.165) is 6.42 Å². The number of benzene rings is 2. The normalized spacial score (nSPS) is 12.4. The van der Waals surface area contributed by atoms with Gasteiger partial charge in [-0.05, 0) is 49.6 Å². The third-order valence-electron chi connectivity index (χ3n) is 3.63. The zero-order chi connectivity index (χ0) is 13.8. The molecular formula is C17H20BrN. The van der Waals surface area contributed by atoms with Gasteiger partial charge in [-0.25, -0.2) is 0 Å². The number of halogens is 1. The Hall–Kier alpha value is -1.12. The highest BCUT2D eigenvalue weighted by molar-refractivity contribution is 9.10. The summed E-state index contributed by atoms with van der Waals surface area (Å²) in [6, 6.07) is 15.4. The van der Waals surface area contributed by atoms with E-state index in [9.17, 15) is 0 Å². The average Bonchev–Trinajstić information content (AvgIpc) is 2.41. The van der Waals surface area contributed by atoms with E-state index >= 15 is 0 Å². The van der Waals surface area contributed by atoms with Crippen LogP contribution >= 0.6 is 15.9 Å². The van der Waals surface area contributed by atoms with Crippen LogP contribution < -0.4 is 5.32 Å². The first-order valence-corrected chi connectivity index (χ1v) is 7.39. The number of likely N-dealkylation sites (N-methyl/N-ethyl adjacent to an activating group) is 1. The van der Waals surface area contributed by atoms with Crippen LogP contribution in [0.4, 0.5) is 0 Å². The fourth-order valence-corrected chi connectivity index (χ4v) is 2.91. The minimum Gasteiger partial charge on any atom is -0.313 e. The second-order valence-corrected chi connectivity index (χ2v) is 5.74. The van der Waals surface area contributed by atoms with Crippen molar-refractivity contribution in [2.45, 2.75) is 26.3 Å². The third-order valence-corrected chi connectivity index (χ3v) is 4.71. The molecule has 0 aliphatic rings. The third kappa shape index (κ3) is 3.26. The SMILES string of the molecule is CNC(Cc1ccccc1C)c1cccc(C)c1Br. The number of hydrogen-bond acceptors (Lipinski definition) is 1. The fourth-order valence-electron chi connectivity index (χ4n) is 2.37. The highest BCUT2D eigenvalue weighted by atomic mass is 79.9. The summed E-state index contributed by atoms with van der Waals surface area (Å²) < 4.78 is 1.21. The van der Waals surface area contributed by atoms with Crippen molar-refractivity contribution in [2.75, 3.05) is 7.05 Å². The molecule has 0 saturated heterocycles. The smallest absolute Gasteiger partial charge is 0.0369 e. The van der Waals surface area contributed by atoms with Gasteiger partial charge in [0.2, 0.25) is 0 Å². The van der Waals surface area contributed by atoms with Crippen LogP contribution in [0.2, 0.25) is 0 Å². The van der Waals surface area contributed by atoms with Crippen LogP contribution in [-0.4, -0.2) is 7.05 Å². The van der Waals surface area contributed by atoms with E-state index in [1.54, 1.807) is 0 Å². The maximum atomic E-state index is 3.71. The highest BCUT2D eigenvalue weighted by Gasteiger charge is 2.15.